The first-order valence-corrected chi connectivity index (χ1v) is 12.8. The minimum atomic E-state index is -0.699. The number of nitrogens with zero attached hydrogens (tertiary/aromatic N) is 6. The van der Waals surface area contributed by atoms with Gasteiger partial charge in [0.25, 0.3) is 0 Å². The van der Waals surface area contributed by atoms with Crippen molar-refractivity contribution in [1.29, 1.82) is 0 Å². The van der Waals surface area contributed by atoms with E-state index in [1.54, 1.807) is 30.6 Å². The Balaban J connectivity index is 1.41. The molecule has 1 atom stereocenters. The van der Waals surface area contributed by atoms with Gasteiger partial charge in [-0.25, -0.2) is 15.0 Å². The van der Waals surface area contributed by atoms with Crippen LogP contribution in [0.4, 0.5) is 5.82 Å². The van der Waals surface area contributed by atoms with Crippen LogP contribution >= 0.6 is 15.9 Å². The number of benzene rings is 1. The van der Waals surface area contributed by atoms with Gasteiger partial charge in [-0.15, -0.1) is 0 Å². The van der Waals surface area contributed by atoms with E-state index in [4.69, 9.17) is 0 Å². The van der Waals surface area contributed by atoms with E-state index < -0.39 is 6.04 Å². The Morgan fingerprint density at radius 1 is 1.08 bits per heavy atom. The largest absolute Gasteiger partial charge is 0.325 e. The molecule has 1 N–H and O–H groups in total. The quantitative estimate of drug-likeness (QED) is 0.210. The smallest absolute Gasteiger partial charge is 0.248 e. The number of aryl methyl sites for hydroxylation is 1. The summed E-state index contributed by atoms with van der Waals surface area (Å²) in [7, 11) is 0. The summed E-state index contributed by atoms with van der Waals surface area (Å²) in [6.07, 6.45) is 7.58. The number of rotatable bonds is 6. The lowest BCUT2D eigenvalue weighted by molar-refractivity contribution is -0.138. The minimum absolute atomic E-state index is 0.122. The number of anilines is 1. The molecule has 3 aromatic heterocycles. The van der Waals surface area contributed by atoms with Crippen LogP contribution in [0.3, 0.4) is 0 Å². The number of nitrogens with one attached hydrogen (secondary N) is 1. The monoisotopic (exact) mass is 573 g/mol. The van der Waals surface area contributed by atoms with E-state index in [1.165, 1.54) is 16.5 Å². The molecule has 0 aliphatic carbocycles. The molecule has 192 valence electrons. The highest BCUT2D eigenvalue weighted by Crippen LogP contribution is 2.27. The Kier molecular flexibility index (Phi) is 7.10. The first-order chi connectivity index (χ1) is 18.3. The first-order valence-electron chi connectivity index (χ1n) is 12.0. The Hall–Kier alpha value is -4.25. The highest BCUT2D eigenvalue weighted by atomic mass is 79.9. The van der Waals surface area contributed by atoms with Gasteiger partial charge in [0.1, 0.15) is 34.5 Å². The van der Waals surface area contributed by atoms with Crippen molar-refractivity contribution in [1.82, 2.24) is 29.6 Å². The van der Waals surface area contributed by atoms with Crippen LogP contribution in [0.1, 0.15) is 29.7 Å². The van der Waals surface area contributed by atoms with Crippen molar-refractivity contribution >= 4 is 50.2 Å². The fraction of sp³-hybridized carbons (Fsp3) is 0.222. The van der Waals surface area contributed by atoms with Crippen molar-refractivity contribution in [3.05, 3.63) is 77.1 Å². The highest BCUT2D eigenvalue weighted by molar-refractivity contribution is 9.10. The van der Waals surface area contributed by atoms with Crippen LogP contribution in [0, 0.1) is 6.92 Å². The number of Topliss-reactive ketones (excluding diaryl/α,β-unsaturated/α-hetero) is 1. The van der Waals surface area contributed by atoms with E-state index in [2.05, 4.69) is 41.3 Å². The molecule has 4 aromatic rings. The standard InChI is InChI=1S/C27H24BrN7O3/c1-16(36)26-20-12-18(19-13-29-17(2)30-14-19)9-10-21(20)35(33-26)15-25(37)34-11-4-3-6-22(34)27(38)32-24-8-5-7-23(28)31-24/h3-5,7-10,12-14,22H,6,11,15H2,1-2H3,(H,31,32,38). The predicted octanol–water partition coefficient (Wildman–Crippen LogP) is 3.96. The fourth-order valence-electron chi connectivity index (χ4n) is 4.38. The van der Waals surface area contributed by atoms with Gasteiger partial charge < -0.3 is 10.2 Å². The van der Waals surface area contributed by atoms with Gasteiger partial charge in [0.2, 0.25) is 11.8 Å². The topological polar surface area (TPSA) is 123 Å². The lowest BCUT2D eigenvalue weighted by Gasteiger charge is -2.32. The van der Waals surface area contributed by atoms with Crippen molar-refractivity contribution in [3.63, 3.8) is 0 Å². The Labute approximate surface area is 226 Å². The summed E-state index contributed by atoms with van der Waals surface area (Å²) in [5.74, 6) is 0.238. The van der Waals surface area contributed by atoms with Gasteiger partial charge in [0, 0.05) is 36.8 Å². The second-order valence-corrected chi connectivity index (χ2v) is 9.73. The molecule has 0 saturated carbocycles. The van der Waals surface area contributed by atoms with Crippen molar-refractivity contribution in [2.45, 2.75) is 32.9 Å². The minimum Gasteiger partial charge on any atom is -0.325 e. The zero-order chi connectivity index (χ0) is 26.8. The van der Waals surface area contributed by atoms with Crippen LogP contribution in [-0.2, 0) is 16.1 Å². The molecule has 0 saturated heterocycles. The van der Waals surface area contributed by atoms with Crippen LogP contribution in [-0.4, -0.2) is 59.8 Å². The average Bonchev–Trinajstić information content (AvgIpc) is 3.27. The van der Waals surface area contributed by atoms with Gasteiger partial charge in [-0.3, -0.25) is 19.1 Å². The number of carbonyl (C=O) groups excluding carboxylic acids is 3. The second kappa shape index (κ2) is 10.6. The number of pyridine rings is 1. The van der Waals surface area contributed by atoms with Gasteiger partial charge in [-0.05, 0) is 59.1 Å². The van der Waals surface area contributed by atoms with E-state index in [0.717, 1.165) is 11.1 Å². The van der Waals surface area contributed by atoms with E-state index in [9.17, 15) is 14.4 Å². The maximum absolute atomic E-state index is 13.5. The lowest BCUT2D eigenvalue weighted by Crippen LogP contribution is -2.49. The molecule has 1 aliphatic rings. The molecule has 4 heterocycles. The van der Waals surface area contributed by atoms with Crippen molar-refractivity contribution in [3.8, 4) is 11.1 Å². The van der Waals surface area contributed by atoms with E-state index in [-0.39, 0.29) is 29.8 Å². The summed E-state index contributed by atoms with van der Waals surface area (Å²) in [5.41, 5.74) is 2.57. The Morgan fingerprint density at radius 2 is 1.87 bits per heavy atom. The third kappa shape index (κ3) is 5.23. The molecule has 38 heavy (non-hydrogen) atoms. The van der Waals surface area contributed by atoms with Gasteiger partial charge in [-0.2, -0.15) is 5.10 Å². The van der Waals surface area contributed by atoms with E-state index in [0.29, 0.717) is 40.1 Å². The Bertz CT molecular complexity index is 1580. The molecular weight excluding hydrogens is 550 g/mol. The van der Waals surface area contributed by atoms with Gasteiger partial charge in [0.15, 0.2) is 5.78 Å². The highest BCUT2D eigenvalue weighted by Gasteiger charge is 2.31. The molecule has 0 fully saturated rings. The second-order valence-electron chi connectivity index (χ2n) is 8.92. The third-order valence-electron chi connectivity index (χ3n) is 6.28. The third-order valence-corrected chi connectivity index (χ3v) is 6.72. The molecular formula is C27H24BrN7O3. The molecule has 0 bridgehead atoms. The van der Waals surface area contributed by atoms with Gasteiger partial charge >= 0.3 is 0 Å². The molecule has 10 nitrogen and oxygen atoms in total. The molecule has 1 unspecified atom stereocenters. The van der Waals surface area contributed by atoms with Crippen molar-refractivity contribution < 1.29 is 14.4 Å². The normalized spacial score (nSPS) is 15.0. The predicted molar refractivity (Wildman–Crippen MR) is 145 cm³/mol. The summed E-state index contributed by atoms with van der Waals surface area (Å²) >= 11 is 3.29. The van der Waals surface area contributed by atoms with Crippen LogP contribution in [0.5, 0.6) is 0 Å². The number of aromatic nitrogens is 5. The number of amides is 2. The molecule has 0 spiro atoms. The van der Waals surface area contributed by atoms with E-state index >= 15 is 0 Å². The molecule has 2 amide bonds. The summed E-state index contributed by atoms with van der Waals surface area (Å²) in [6.45, 7) is 3.43. The van der Waals surface area contributed by atoms with Crippen LogP contribution < -0.4 is 5.32 Å². The van der Waals surface area contributed by atoms with Crippen LogP contribution in [0.15, 0.2) is 65.5 Å². The molecule has 5 rings (SSSR count). The first kappa shape index (κ1) is 25.4. The van der Waals surface area contributed by atoms with Crippen LogP contribution in [0.25, 0.3) is 22.0 Å². The number of hydrogen-bond donors (Lipinski definition) is 1. The maximum atomic E-state index is 13.5. The summed E-state index contributed by atoms with van der Waals surface area (Å²) in [5, 5.41) is 7.90. The van der Waals surface area contributed by atoms with Crippen molar-refractivity contribution in [2.75, 3.05) is 11.9 Å². The van der Waals surface area contributed by atoms with E-state index in [1.807, 2.05) is 37.3 Å². The molecule has 1 aromatic carbocycles. The number of ketones is 1. The average molecular weight is 574 g/mol. The summed E-state index contributed by atoms with van der Waals surface area (Å²) < 4.78 is 2.11. The molecule has 1 aliphatic heterocycles. The summed E-state index contributed by atoms with van der Waals surface area (Å²) in [4.78, 5) is 53.2. The Morgan fingerprint density at radius 3 is 2.61 bits per heavy atom. The lowest BCUT2D eigenvalue weighted by atomic mass is 10.0. The fourth-order valence-corrected chi connectivity index (χ4v) is 4.72. The molecule has 0 radical (unpaired) electrons. The van der Waals surface area contributed by atoms with Crippen molar-refractivity contribution in [2.24, 2.45) is 0 Å². The maximum Gasteiger partial charge on any atom is 0.248 e. The van der Waals surface area contributed by atoms with Gasteiger partial charge in [0.05, 0.1) is 5.52 Å². The SMILES string of the molecule is CC(=O)c1nn(CC(=O)N2CC=CCC2C(=O)Nc2cccc(Br)n2)c2ccc(-c3cnc(C)nc3)cc12. The number of hydrogen-bond acceptors (Lipinski definition) is 7. The number of carbonyl (C=O) groups is 3. The molecule has 11 heteroatoms. The number of halogens is 1. The van der Waals surface area contributed by atoms with Gasteiger partial charge in [-0.1, -0.05) is 24.3 Å². The zero-order valence-corrected chi connectivity index (χ0v) is 22.3. The summed E-state index contributed by atoms with van der Waals surface area (Å²) in [6, 6.07) is 10.1. The number of fused-ring (bicyclic) bond motifs is 1. The van der Waals surface area contributed by atoms with Crippen LogP contribution in [0.2, 0.25) is 0 Å². The zero-order valence-electron chi connectivity index (χ0n) is 20.8.